The molecule has 2 aromatic rings. The number of nitrogens with one attached hydrogen (secondary N) is 1. The van der Waals surface area contributed by atoms with Crippen LogP contribution in [0.4, 0.5) is 10.5 Å². The number of carbonyl (C=O) groups excluding carboxylic acids is 2. The van der Waals surface area contributed by atoms with E-state index in [0.717, 1.165) is 27.1 Å². The Hall–Kier alpha value is -3.09. The zero-order valence-electron chi connectivity index (χ0n) is 13.6. The predicted molar refractivity (Wildman–Crippen MR) is 89.8 cm³/mol. The predicted octanol–water partition coefficient (Wildman–Crippen LogP) is 1.37. The summed E-state index contributed by atoms with van der Waals surface area (Å²) in [6, 6.07) is 9.30. The van der Waals surface area contributed by atoms with Crippen LogP contribution in [0.2, 0.25) is 0 Å². The van der Waals surface area contributed by atoms with Crippen LogP contribution in [-0.2, 0) is 16.0 Å². The fraction of sp³-hybridized carbons (Fsp3) is 0.278. The molecule has 4 rings (SSSR count). The number of pyridine rings is 1. The summed E-state index contributed by atoms with van der Waals surface area (Å²) >= 11 is 0. The first-order valence-electron chi connectivity index (χ1n) is 8.09. The monoisotopic (exact) mass is 339 g/mol. The minimum atomic E-state index is -0.376. The van der Waals surface area contributed by atoms with Gasteiger partial charge in [-0.3, -0.25) is 9.69 Å². The lowest BCUT2D eigenvalue weighted by Gasteiger charge is -2.16. The lowest BCUT2D eigenvalue weighted by Crippen LogP contribution is -2.40. The molecule has 1 N–H and O–H groups in total. The summed E-state index contributed by atoms with van der Waals surface area (Å²) in [6.45, 7) is 1.75. The first-order valence-corrected chi connectivity index (χ1v) is 8.09. The van der Waals surface area contributed by atoms with E-state index < -0.39 is 0 Å². The molecule has 1 fully saturated rings. The summed E-state index contributed by atoms with van der Waals surface area (Å²) in [4.78, 5) is 25.0. The summed E-state index contributed by atoms with van der Waals surface area (Å²) in [7, 11) is 0. The average Bonchev–Trinajstić information content (AvgIpc) is 3.11. The van der Waals surface area contributed by atoms with Crippen LogP contribution in [0.3, 0.4) is 0 Å². The minimum absolute atomic E-state index is 0.107. The zero-order chi connectivity index (χ0) is 17.6. The van der Waals surface area contributed by atoms with Crippen LogP contribution in [0.5, 0.6) is 0 Å². The minimum Gasteiger partial charge on any atom is -0.619 e. The second-order valence-electron chi connectivity index (χ2n) is 6.29. The van der Waals surface area contributed by atoms with Gasteiger partial charge in [-0.2, -0.15) is 4.73 Å². The number of anilines is 1. The zero-order valence-corrected chi connectivity index (χ0v) is 13.6. The SMILES string of the molecule is CC(=O)NCC1OC(=O)N2c3ccc(-c4cc[n+]([O-])cc4)cc3CC12. The van der Waals surface area contributed by atoms with Crippen molar-refractivity contribution in [2.45, 2.75) is 25.5 Å². The number of ether oxygens (including phenoxy) is 1. The molecule has 0 saturated carbocycles. The molecule has 2 aliphatic heterocycles. The lowest BCUT2D eigenvalue weighted by atomic mass is 10.0. The Kier molecular flexibility index (Phi) is 3.56. The summed E-state index contributed by atoms with van der Waals surface area (Å²) in [5.41, 5.74) is 3.84. The number of hydrogen-bond donors (Lipinski definition) is 1. The highest BCUT2D eigenvalue weighted by Crippen LogP contribution is 2.40. The van der Waals surface area contributed by atoms with Crippen molar-refractivity contribution in [1.29, 1.82) is 0 Å². The number of carbonyl (C=O) groups is 2. The molecule has 0 radical (unpaired) electrons. The van der Waals surface area contributed by atoms with Crippen LogP contribution in [0.1, 0.15) is 12.5 Å². The number of cyclic esters (lactones) is 1. The maximum atomic E-state index is 12.2. The number of hydrogen-bond acceptors (Lipinski definition) is 4. The van der Waals surface area contributed by atoms with Gasteiger partial charge in [-0.1, -0.05) is 6.07 Å². The summed E-state index contributed by atoms with van der Waals surface area (Å²) < 4.78 is 6.14. The molecule has 25 heavy (non-hydrogen) atoms. The quantitative estimate of drug-likeness (QED) is 0.676. The van der Waals surface area contributed by atoms with E-state index in [1.54, 1.807) is 17.0 Å². The average molecular weight is 339 g/mol. The number of rotatable bonds is 3. The van der Waals surface area contributed by atoms with Crippen molar-refractivity contribution in [2.24, 2.45) is 0 Å². The fourth-order valence-electron chi connectivity index (χ4n) is 3.48. The Morgan fingerprint density at radius 2 is 2.08 bits per heavy atom. The van der Waals surface area contributed by atoms with Crippen molar-refractivity contribution in [2.75, 3.05) is 11.4 Å². The number of aromatic nitrogens is 1. The molecule has 0 spiro atoms. The second kappa shape index (κ2) is 5.77. The van der Waals surface area contributed by atoms with Crippen LogP contribution in [0.25, 0.3) is 11.1 Å². The number of fused-ring (bicyclic) bond motifs is 3. The van der Waals surface area contributed by atoms with Gasteiger partial charge in [0.05, 0.1) is 18.3 Å². The summed E-state index contributed by atoms with van der Waals surface area (Å²) in [5.74, 6) is -0.146. The second-order valence-corrected chi connectivity index (χ2v) is 6.29. The maximum Gasteiger partial charge on any atom is 0.415 e. The molecule has 1 aromatic carbocycles. The first-order chi connectivity index (χ1) is 12.0. The molecule has 7 heteroatoms. The Morgan fingerprint density at radius 3 is 2.80 bits per heavy atom. The van der Waals surface area contributed by atoms with Crippen molar-refractivity contribution in [1.82, 2.24) is 5.32 Å². The highest BCUT2D eigenvalue weighted by molar-refractivity contribution is 5.94. The van der Waals surface area contributed by atoms with Crippen LogP contribution < -0.4 is 14.9 Å². The Labute approximate surface area is 144 Å². The van der Waals surface area contributed by atoms with Gasteiger partial charge in [-0.25, -0.2) is 4.79 Å². The molecule has 2 amide bonds. The fourth-order valence-corrected chi connectivity index (χ4v) is 3.48. The van der Waals surface area contributed by atoms with E-state index >= 15 is 0 Å². The van der Waals surface area contributed by atoms with Gasteiger partial charge >= 0.3 is 6.09 Å². The summed E-state index contributed by atoms with van der Waals surface area (Å²) in [6.07, 6.45) is 2.86. The largest absolute Gasteiger partial charge is 0.619 e. The third-order valence-electron chi connectivity index (χ3n) is 4.67. The Morgan fingerprint density at radius 1 is 1.32 bits per heavy atom. The van der Waals surface area contributed by atoms with Crippen LogP contribution in [-0.4, -0.2) is 30.7 Å². The van der Waals surface area contributed by atoms with Crippen molar-refractivity contribution < 1.29 is 19.1 Å². The van der Waals surface area contributed by atoms with E-state index in [4.69, 9.17) is 4.74 Å². The van der Waals surface area contributed by atoms with E-state index in [9.17, 15) is 14.8 Å². The van der Waals surface area contributed by atoms with Gasteiger partial charge in [0.25, 0.3) is 0 Å². The van der Waals surface area contributed by atoms with Gasteiger partial charge in [-0.15, -0.1) is 0 Å². The van der Waals surface area contributed by atoms with Crippen molar-refractivity contribution in [3.63, 3.8) is 0 Å². The van der Waals surface area contributed by atoms with Crippen molar-refractivity contribution in [3.8, 4) is 11.1 Å². The van der Waals surface area contributed by atoms with E-state index in [1.165, 1.54) is 19.3 Å². The van der Waals surface area contributed by atoms with Gasteiger partial charge in [-0.05, 0) is 35.2 Å². The molecule has 0 aliphatic carbocycles. The third kappa shape index (κ3) is 2.67. The molecule has 2 unspecified atom stereocenters. The van der Waals surface area contributed by atoms with Crippen LogP contribution in [0.15, 0.2) is 42.7 Å². The molecule has 0 bridgehead atoms. The van der Waals surface area contributed by atoms with E-state index in [2.05, 4.69) is 5.32 Å². The molecule has 1 saturated heterocycles. The van der Waals surface area contributed by atoms with Crippen LogP contribution >= 0.6 is 0 Å². The van der Waals surface area contributed by atoms with E-state index in [1.807, 2.05) is 18.2 Å². The smallest absolute Gasteiger partial charge is 0.415 e. The lowest BCUT2D eigenvalue weighted by molar-refractivity contribution is -0.605. The Balaban J connectivity index is 1.61. The number of amides is 2. The molecule has 2 atom stereocenters. The van der Waals surface area contributed by atoms with Gasteiger partial charge in [0.2, 0.25) is 5.91 Å². The molecule has 7 nitrogen and oxygen atoms in total. The van der Waals surface area contributed by atoms with Crippen LogP contribution in [0, 0.1) is 5.21 Å². The topological polar surface area (TPSA) is 85.6 Å². The number of benzene rings is 1. The van der Waals surface area contributed by atoms with E-state index in [-0.39, 0.29) is 24.1 Å². The summed E-state index contributed by atoms with van der Waals surface area (Å²) in [5, 5.41) is 13.9. The van der Waals surface area contributed by atoms with Crippen molar-refractivity contribution >= 4 is 17.7 Å². The highest BCUT2D eigenvalue weighted by Gasteiger charge is 2.47. The normalized spacial score (nSPS) is 20.8. The van der Waals surface area contributed by atoms with Gasteiger partial charge < -0.3 is 15.3 Å². The standard InChI is InChI=1S/C18H17N3O4/c1-11(22)19-10-17-16-9-14-8-13(12-4-6-20(24)7-5-12)2-3-15(14)21(16)18(23)25-17/h2-8,16-17H,9-10H2,1H3,(H,19,22). The number of nitrogens with zero attached hydrogens (tertiary/aromatic N) is 2. The third-order valence-corrected chi connectivity index (χ3v) is 4.67. The van der Waals surface area contributed by atoms with Crippen molar-refractivity contribution in [3.05, 3.63) is 53.5 Å². The van der Waals surface area contributed by atoms with E-state index in [0.29, 0.717) is 13.0 Å². The Bertz CT molecular complexity index is 850. The molecular weight excluding hydrogens is 322 g/mol. The van der Waals surface area contributed by atoms with Gasteiger partial charge in [0.1, 0.15) is 6.10 Å². The molecule has 128 valence electrons. The molecule has 2 aliphatic rings. The van der Waals surface area contributed by atoms with Gasteiger partial charge in [0, 0.05) is 19.1 Å². The molecular formula is C18H17N3O4. The molecule has 3 heterocycles. The highest BCUT2D eigenvalue weighted by atomic mass is 16.6. The molecule has 1 aromatic heterocycles. The van der Waals surface area contributed by atoms with Gasteiger partial charge in [0.15, 0.2) is 12.4 Å². The maximum absolute atomic E-state index is 12.2. The first kappa shape index (κ1) is 15.4.